The van der Waals surface area contributed by atoms with E-state index in [2.05, 4.69) is 33.1 Å². The molecule has 0 unspecified atom stereocenters. The standard InChI is InChI=1S/C13H30N.C5H11NO2/c1-5-8-11-14(4,12-9-6-2)13-10-7-3;1-4(2)3-6-5(7)8/h5-13H2,1-4H3;4,6H,3H2,1-2H3,(H,7,8)/q+1;/p-1. The smallest absolute Gasteiger partial charge is 0.134 e. The van der Waals surface area contributed by atoms with Crippen LogP contribution >= 0.6 is 0 Å². The summed E-state index contributed by atoms with van der Waals surface area (Å²) in [5.74, 6) is 0.355. The zero-order chi connectivity index (χ0) is 17.4. The molecule has 0 heterocycles. The molecule has 4 heteroatoms. The molecular formula is C18H40N2O2. The van der Waals surface area contributed by atoms with Crippen molar-refractivity contribution in [2.75, 3.05) is 33.2 Å². The van der Waals surface area contributed by atoms with Crippen LogP contribution in [0.4, 0.5) is 4.79 Å². The van der Waals surface area contributed by atoms with Crippen molar-refractivity contribution in [2.24, 2.45) is 5.92 Å². The predicted molar refractivity (Wildman–Crippen MR) is 93.7 cm³/mol. The Morgan fingerprint density at radius 1 is 0.955 bits per heavy atom. The van der Waals surface area contributed by atoms with Gasteiger partial charge in [0.05, 0.1) is 26.7 Å². The number of quaternary nitrogens is 1. The van der Waals surface area contributed by atoms with E-state index in [-0.39, 0.29) is 0 Å². The highest BCUT2D eigenvalue weighted by Gasteiger charge is 2.18. The van der Waals surface area contributed by atoms with Gasteiger partial charge in [-0.15, -0.1) is 0 Å². The van der Waals surface area contributed by atoms with Gasteiger partial charge in [0.15, 0.2) is 0 Å². The molecule has 0 aromatic rings. The minimum Gasteiger partial charge on any atom is -0.530 e. The second-order valence-corrected chi connectivity index (χ2v) is 6.91. The summed E-state index contributed by atoms with van der Waals surface area (Å²) >= 11 is 0. The van der Waals surface area contributed by atoms with E-state index in [1.54, 1.807) is 0 Å². The van der Waals surface area contributed by atoms with Gasteiger partial charge in [0.1, 0.15) is 6.09 Å². The molecule has 0 aliphatic heterocycles. The maximum atomic E-state index is 9.68. The number of amides is 1. The molecule has 22 heavy (non-hydrogen) atoms. The van der Waals surface area contributed by atoms with Crippen LogP contribution in [0.1, 0.15) is 73.1 Å². The van der Waals surface area contributed by atoms with Gasteiger partial charge in [-0.1, -0.05) is 53.9 Å². The molecule has 0 saturated heterocycles. The normalized spacial score (nSPS) is 11.0. The summed E-state index contributed by atoms with van der Waals surface area (Å²) in [4.78, 5) is 9.68. The second-order valence-electron chi connectivity index (χ2n) is 6.91. The lowest BCUT2D eigenvalue weighted by Crippen LogP contribution is -2.46. The molecule has 0 saturated carbocycles. The van der Waals surface area contributed by atoms with Crippen LogP contribution in [0.5, 0.6) is 0 Å². The molecular weight excluding hydrogens is 276 g/mol. The molecule has 0 aromatic heterocycles. The summed E-state index contributed by atoms with van der Waals surface area (Å²) in [6.07, 6.45) is 7.00. The first-order valence-corrected chi connectivity index (χ1v) is 9.09. The number of rotatable bonds is 11. The molecule has 0 aliphatic carbocycles. The Kier molecular flexibility index (Phi) is 16.2. The quantitative estimate of drug-likeness (QED) is 0.594. The van der Waals surface area contributed by atoms with Crippen molar-refractivity contribution >= 4 is 6.09 Å². The predicted octanol–water partition coefficient (Wildman–Crippen LogP) is 3.41. The van der Waals surface area contributed by atoms with Crippen LogP contribution in [-0.4, -0.2) is 43.8 Å². The Bertz CT molecular complexity index is 234. The molecule has 0 rings (SSSR count). The van der Waals surface area contributed by atoms with Gasteiger partial charge in [0.25, 0.3) is 0 Å². The number of hydrogen-bond donors (Lipinski definition) is 1. The molecule has 0 spiro atoms. The van der Waals surface area contributed by atoms with Crippen molar-refractivity contribution in [3.63, 3.8) is 0 Å². The highest BCUT2D eigenvalue weighted by atomic mass is 16.4. The number of carbonyl (C=O) groups is 1. The highest BCUT2D eigenvalue weighted by molar-refractivity contribution is 5.61. The minimum absolute atomic E-state index is 0.355. The number of hydrogen-bond acceptors (Lipinski definition) is 2. The van der Waals surface area contributed by atoms with Crippen LogP contribution in [0.3, 0.4) is 0 Å². The first-order chi connectivity index (χ1) is 10.3. The highest BCUT2D eigenvalue weighted by Crippen LogP contribution is 2.10. The van der Waals surface area contributed by atoms with Gasteiger partial charge in [-0.2, -0.15) is 0 Å². The first-order valence-electron chi connectivity index (χ1n) is 9.09. The molecule has 4 nitrogen and oxygen atoms in total. The lowest BCUT2D eigenvalue weighted by molar-refractivity contribution is -0.910. The maximum absolute atomic E-state index is 9.68. The van der Waals surface area contributed by atoms with E-state index in [0.29, 0.717) is 12.5 Å². The number of nitrogens with zero attached hydrogens (tertiary/aromatic N) is 1. The van der Waals surface area contributed by atoms with Gasteiger partial charge in [0.2, 0.25) is 0 Å². The summed E-state index contributed by atoms with van der Waals surface area (Å²) in [6.45, 7) is 15.4. The third-order valence-corrected chi connectivity index (χ3v) is 3.81. The van der Waals surface area contributed by atoms with E-state index in [9.17, 15) is 9.90 Å². The Labute approximate surface area is 138 Å². The van der Waals surface area contributed by atoms with Crippen molar-refractivity contribution < 1.29 is 14.4 Å². The average molecular weight is 317 g/mol. The van der Waals surface area contributed by atoms with Crippen molar-refractivity contribution in [3.8, 4) is 0 Å². The topological polar surface area (TPSA) is 52.2 Å². The Morgan fingerprint density at radius 2 is 1.32 bits per heavy atom. The van der Waals surface area contributed by atoms with E-state index in [4.69, 9.17) is 0 Å². The molecule has 0 atom stereocenters. The van der Waals surface area contributed by atoms with Crippen molar-refractivity contribution in [1.82, 2.24) is 5.32 Å². The van der Waals surface area contributed by atoms with Crippen LogP contribution in [0.2, 0.25) is 0 Å². The molecule has 0 radical (unpaired) electrons. The number of carbonyl (C=O) groups excluding carboxylic acids is 1. The van der Waals surface area contributed by atoms with Crippen LogP contribution in [0, 0.1) is 5.92 Å². The second kappa shape index (κ2) is 15.1. The molecule has 1 amide bonds. The zero-order valence-corrected chi connectivity index (χ0v) is 15.9. The molecule has 0 bridgehead atoms. The van der Waals surface area contributed by atoms with Gasteiger partial charge in [0, 0.05) is 6.54 Å². The summed E-state index contributed by atoms with van der Waals surface area (Å²) in [5, 5.41) is 11.8. The largest absolute Gasteiger partial charge is 0.530 e. The Hall–Kier alpha value is -0.770. The van der Waals surface area contributed by atoms with Crippen molar-refractivity contribution in [1.29, 1.82) is 0 Å². The molecule has 1 N–H and O–H groups in total. The van der Waals surface area contributed by atoms with Gasteiger partial charge in [-0.3, -0.25) is 0 Å². The van der Waals surface area contributed by atoms with Crippen LogP contribution in [0.25, 0.3) is 0 Å². The lowest BCUT2D eigenvalue weighted by atomic mass is 10.2. The molecule has 134 valence electrons. The minimum atomic E-state index is -1.20. The van der Waals surface area contributed by atoms with E-state index < -0.39 is 6.09 Å². The van der Waals surface area contributed by atoms with Gasteiger partial charge >= 0.3 is 0 Å². The first kappa shape index (κ1) is 23.5. The lowest BCUT2D eigenvalue weighted by Gasteiger charge is -2.34. The number of carboxylic acid groups (broad SMARTS) is 1. The maximum Gasteiger partial charge on any atom is 0.134 e. The average Bonchev–Trinajstić information content (AvgIpc) is 2.48. The van der Waals surface area contributed by atoms with E-state index in [0.717, 1.165) is 0 Å². The molecule has 0 fully saturated rings. The third-order valence-electron chi connectivity index (χ3n) is 3.81. The van der Waals surface area contributed by atoms with E-state index in [1.807, 2.05) is 13.8 Å². The van der Waals surface area contributed by atoms with Gasteiger partial charge in [-0.05, 0) is 25.2 Å². The molecule has 0 aliphatic rings. The fourth-order valence-corrected chi connectivity index (χ4v) is 2.24. The SMILES string of the molecule is CC(C)CNC(=O)[O-].CCCC[N+](C)(CCCC)CCCC. The van der Waals surface area contributed by atoms with Crippen molar-refractivity contribution in [2.45, 2.75) is 73.1 Å². The van der Waals surface area contributed by atoms with E-state index in [1.165, 1.54) is 62.6 Å². The van der Waals surface area contributed by atoms with Gasteiger partial charge < -0.3 is 19.7 Å². The third kappa shape index (κ3) is 17.3. The summed E-state index contributed by atoms with van der Waals surface area (Å²) < 4.78 is 1.32. The van der Waals surface area contributed by atoms with Crippen LogP contribution in [-0.2, 0) is 0 Å². The van der Waals surface area contributed by atoms with Crippen molar-refractivity contribution in [3.05, 3.63) is 0 Å². The number of unbranched alkanes of at least 4 members (excludes halogenated alkanes) is 3. The van der Waals surface area contributed by atoms with Gasteiger partial charge in [-0.25, -0.2) is 0 Å². The fourth-order valence-electron chi connectivity index (χ4n) is 2.24. The monoisotopic (exact) mass is 316 g/mol. The zero-order valence-electron chi connectivity index (χ0n) is 15.9. The molecule has 0 aromatic carbocycles. The van der Waals surface area contributed by atoms with Crippen LogP contribution < -0.4 is 10.4 Å². The Morgan fingerprint density at radius 3 is 1.50 bits per heavy atom. The summed E-state index contributed by atoms with van der Waals surface area (Å²) in [7, 11) is 2.45. The summed E-state index contributed by atoms with van der Waals surface area (Å²) in [6, 6.07) is 0. The fraction of sp³-hybridized carbons (Fsp3) is 0.944. The summed E-state index contributed by atoms with van der Waals surface area (Å²) in [5.41, 5.74) is 0. The van der Waals surface area contributed by atoms with Crippen LogP contribution in [0.15, 0.2) is 0 Å². The number of nitrogens with one attached hydrogen (secondary N) is 1. The van der Waals surface area contributed by atoms with E-state index >= 15 is 0 Å². The Balaban J connectivity index is 0.